The Bertz CT molecular complexity index is 2840. The highest BCUT2D eigenvalue weighted by atomic mass is 16.8. The van der Waals surface area contributed by atoms with E-state index in [1.165, 1.54) is 36.4 Å². The molecule has 4 fully saturated rings. The number of aliphatic hydroxyl groups excluding tert-OH is 12. The summed E-state index contributed by atoms with van der Waals surface area (Å²) in [6, 6.07) is 11.9. The van der Waals surface area contributed by atoms with Crippen molar-refractivity contribution < 1.29 is 143 Å². The summed E-state index contributed by atoms with van der Waals surface area (Å²) in [6.07, 6.45) is -33.4. The minimum absolute atomic E-state index is 0.0829. The molecule has 4 saturated heterocycles. The van der Waals surface area contributed by atoms with E-state index in [0.717, 1.165) is 36.4 Å². The number of esters is 2. The van der Waals surface area contributed by atoms with E-state index >= 15 is 0 Å². The van der Waals surface area contributed by atoms with Crippen LogP contribution in [-0.2, 0) is 47.5 Å². The highest BCUT2D eigenvalue weighted by Crippen LogP contribution is 2.44. The normalized spacial score (nSPS) is 33.7. The van der Waals surface area contributed by atoms with Crippen molar-refractivity contribution in [1.29, 1.82) is 0 Å². The van der Waals surface area contributed by atoms with Crippen LogP contribution in [0.1, 0.15) is 12.0 Å². The summed E-state index contributed by atoms with van der Waals surface area (Å²) in [6.45, 7) is -2.97. The molecule has 6 aliphatic rings. The standard InChI is InChI=1S/C50H56O30/c51-14-29-36(61)39(64)43(68)48(77-29)73-21-5-1-18(2-6-21)3-8-33(58)70-16-31-38(63)41(66)46(80-47-42(67)35(60)25(55)15-72-47)50(79-31)76-28-12-22-26(74-45(28)19-4-7-23(53)24(54)9-19)10-20(52)11-27(22)75-49-44(69)40(65)37(62)30(78-49)17-71-34(59)13-32(56)57/h1-12,25,29-31,35-44,46-51,53-55,60-69H,13-17H2,(H,56,57)/p-1/b8-3+/t25-,29-,30-,31-,35+,36-,37-,38-,39+,40+,41+,42-,43-,44-,46-,47+,48-,49-,50-/m1/s1. The Morgan fingerprint density at radius 1 is 0.613 bits per heavy atom. The minimum Gasteiger partial charge on any atom is -0.550 e. The molecule has 0 unspecified atom stereocenters. The molecule has 0 amide bonds. The summed E-state index contributed by atoms with van der Waals surface area (Å²) < 4.78 is 62.4. The molecule has 19 atom stereocenters. The summed E-state index contributed by atoms with van der Waals surface area (Å²) in [7, 11) is 0. The molecule has 30 heteroatoms. The number of phenolic OH excluding ortho intramolecular Hbond substituents is 2. The first-order valence-electron chi connectivity index (χ1n) is 24.3. The van der Waals surface area contributed by atoms with E-state index in [1.807, 2.05) is 0 Å². The van der Waals surface area contributed by atoms with Gasteiger partial charge < -0.3 is 133 Å². The van der Waals surface area contributed by atoms with Crippen LogP contribution in [0.15, 0.2) is 76.0 Å². The summed E-state index contributed by atoms with van der Waals surface area (Å²) in [4.78, 5) is 49.1. The van der Waals surface area contributed by atoms with Crippen LogP contribution in [0.5, 0.6) is 28.7 Å². The maximum absolute atomic E-state index is 13.2. The lowest BCUT2D eigenvalue weighted by molar-refractivity contribution is -0.345. The van der Waals surface area contributed by atoms with Gasteiger partial charge in [0.2, 0.25) is 18.9 Å². The van der Waals surface area contributed by atoms with Gasteiger partial charge in [0, 0.05) is 23.8 Å². The maximum Gasteiger partial charge on any atom is 0.330 e. The molecule has 14 N–H and O–H groups in total. The van der Waals surface area contributed by atoms with Gasteiger partial charge in [-0.15, -0.1) is 0 Å². The molecule has 5 aliphatic heterocycles. The van der Waals surface area contributed by atoms with E-state index in [-0.39, 0.29) is 28.4 Å². The van der Waals surface area contributed by atoms with Gasteiger partial charge in [-0.05, 0) is 48.0 Å². The van der Waals surface area contributed by atoms with Crippen LogP contribution in [-0.4, -0.2) is 233 Å². The number of hydrogen-bond acceptors (Lipinski definition) is 30. The minimum atomic E-state index is -2.11. The van der Waals surface area contributed by atoms with Crippen molar-refractivity contribution in [2.75, 3.05) is 26.4 Å². The second kappa shape index (κ2) is 25.4. The number of carboxylic acids is 1. The fraction of sp³-hybridized carbons (Fsp3) is 0.480. The maximum atomic E-state index is 13.2. The van der Waals surface area contributed by atoms with Crippen LogP contribution in [0.25, 0.3) is 28.7 Å². The molecule has 0 bridgehead atoms. The van der Waals surface area contributed by atoms with Crippen LogP contribution >= 0.6 is 0 Å². The SMILES string of the molecule is O=C([O-])CC(=O)OC[C@H]1O[C@@H](Oc2cc(=O)cc3oc(-c4ccc(O)c(O)c4)c(O[C@@H]4O[C@H](COC(=O)/C=C/c5ccc(O[C@@H]6O[C@H](CO)[C@@H](O)[C@H](O)[C@H]6O)cc5)[C@@H](O)[C@H](O)[C@H]4O[C@@H]4OC[C@@H](O)[C@H](O)[C@H]4O)cc2-3)[C@H](O)[C@@H](O)[C@@H]1O. The predicted molar refractivity (Wildman–Crippen MR) is 253 cm³/mol. The molecular formula is C50H55O30-. The lowest BCUT2D eigenvalue weighted by atomic mass is 9.98. The van der Waals surface area contributed by atoms with Crippen molar-refractivity contribution in [2.45, 2.75) is 123 Å². The summed E-state index contributed by atoms with van der Waals surface area (Å²) in [5.41, 5.74) is -0.722. The third-order valence-electron chi connectivity index (χ3n) is 13.1. The van der Waals surface area contributed by atoms with Gasteiger partial charge >= 0.3 is 11.9 Å². The molecule has 1 aliphatic carbocycles. The molecule has 0 aromatic heterocycles. The van der Waals surface area contributed by atoms with Gasteiger partial charge in [0.15, 0.2) is 40.8 Å². The van der Waals surface area contributed by atoms with E-state index in [2.05, 4.69) is 0 Å². The number of phenols is 2. The Kier molecular flexibility index (Phi) is 18.9. The van der Waals surface area contributed by atoms with Gasteiger partial charge in [-0.1, -0.05) is 12.1 Å². The van der Waals surface area contributed by atoms with Gasteiger partial charge in [0.25, 0.3) is 0 Å². The third-order valence-corrected chi connectivity index (χ3v) is 13.1. The van der Waals surface area contributed by atoms with E-state index in [9.17, 15) is 95.8 Å². The third kappa shape index (κ3) is 13.4. The van der Waals surface area contributed by atoms with Crippen molar-refractivity contribution in [3.8, 4) is 51.4 Å². The molecule has 2 aromatic carbocycles. The highest BCUT2D eigenvalue weighted by Gasteiger charge is 2.51. The Labute approximate surface area is 449 Å². The predicted octanol–water partition coefficient (Wildman–Crippen LogP) is -6.22. The molecule has 30 nitrogen and oxygen atoms in total. The zero-order valence-corrected chi connectivity index (χ0v) is 41.2. The topological polar surface area (TPSA) is 480 Å². The first-order valence-corrected chi connectivity index (χ1v) is 24.3. The van der Waals surface area contributed by atoms with Gasteiger partial charge in [0.1, 0.15) is 116 Å². The van der Waals surface area contributed by atoms with Gasteiger partial charge in [-0.25, -0.2) is 4.79 Å². The fourth-order valence-corrected chi connectivity index (χ4v) is 8.63. The zero-order chi connectivity index (χ0) is 57.9. The molecule has 0 saturated carbocycles. The number of fused-ring (bicyclic) bond motifs is 1. The van der Waals surface area contributed by atoms with Crippen LogP contribution in [0, 0.1) is 0 Å². The van der Waals surface area contributed by atoms with Crippen molar-refractivity contribution in [3.05, 3.63) is 82.5 Å². The number of benzene rings is 3. The number of carbonyl (C=O) groups excluding carboxylic acids is 3. The van der Waals surface area contributed by atoms with Crippen LogP contribution in [0.2, 0.25) is 0 Å². The lowest BCUT2D eigenvalue weighted by Crippen LogP contribution is -2.64. The van der Waals surface area contributed by atoms with Gasteiger partial charge in [-0.2, -0.15) is 0 Å². The van der Waals surface area contributed by atoms with E-state index in [4.69, 9.17) is 51.8 Å². The average molecular weight is 1140 g/mol. The number of ether oxygens (including phenoxy) is 10. The Balaban J connectivity index is 1.07. The molecule has 436 valence electrons. The molecule has 2 aromatic rings. The Morgan fingerprint density at radius 2 is 1.21 bits per heavy atom. The first-order chi connectivity index (χ1) is 38.0. The van der Waals surface area contributed by atoms with Crippen molar-refractivity contribution in [3.63, 3.8) is 0 Å². The van der Waals surface area contributed by atoms with Crippen LogP contribution in [0.3, 0.4) is 0 Å². The molecular weight excluding hydrogens is 1080 g/mol. The van der Waals surface area contributed by atoms with Crippen molar-refractivity contribution >= 4 is 24.0 Å². The molecule has 5 heterocycles. The number of aliphatic hydroxyl groups is 12. The average Bonchev–Trinajstić information content (AvgIpc) is 3.44. The van der Waals surface area contributed by atoms with Crippen molar-refractivity contribution in [1.82, 2.24) is 0 Å². The zero-order valence-electron chi connectivity index (χ0n) is 41.2. The monoisotopic (exact) mass is 1140 g/mol. The smallest absolute Gasteiger partial charge is 0.330 e. The quantitative estimate of drug-likeness (QED) is 0.0191. The molecule has 80 heavy (non-hydrogen) atoms. The van der Waals surface area contributed by atoms with Crippen molar-refractivity contribution in [2.24, 2.45) is 0 Å². The van der Waals surface area contributed by atoms with Gasteiger partial charge in [0.05, 0.1) is 31.2 Å². The highest BCUT2D eigenvalue weighted by molar-refractivity contribution is 5.89. The molecule has 8 rings (SSSR count). The number of carbonyl (C=O) groups is 3. The second-order valence-corrected chi connectivity index (χ2v) is 18.7. The summed E-state index contributed by atoms with van der Waals surface area (Å²) in [5.74, 6) is -6.96. The number of carboxylic acid groups (broad SMARTS) is 1. The Morgan fingerprint density at radius 3 is 1.88 bits per heavy atom. The first kappa shape index (κ1) is 59.5. The number of aliphatic carboxylic acids is 1. The summed E-state index contributed by atoms with van der Waals surface area (Å²) in [5, 5.41) is 158. The fourth-order valence-electron chi connectivity index (χ4n) is 8.63. The molecule has 0 radical (unpaired) electrons. The number of aromatic hydroxyl groups is 2. The van der Waals surface area contributed by atoms with E-state index in [1.54, 1.807) is 0 Å². The van der Waals surface area contributed by atoms with Crippen LogP contribution in [0.4, 0.5) is 0 Å². The van der Waals surface area contributed by atoms with E-state index in [0.29, 0.717) is 5.56 Å². The molecule has 0 spiro atoms. The lowest BCUT2D eigenvalue weighted by Gasteiger charge is -2.44. The van der Waals surface area contributed by atoms with E-state index < -0.39 is 196 Å². The largest absolute Gasteiger partial charge is 0.550 e. The number of hydrogen-bond donors (Lipinski definition) is 14. The second-order valence-electron chi connectivity index (χ2n) is 18.7. The van der Waals surface area contributed by atoms with Gasteiger partial charge in [-0.3, -0.25) is 9.59 Å². The Hall–Kier alpha value is -6.66. The van der Waals surface area contributed by atoms with Crippen LogP contribution < -0.4 is 24.7 Å². The summed E-state index contributed by atoms with van der Waals surface area (Å²) >= 11 is 0. The number of rotatable bonds is 18.